The van der Waals surface area contributed by atoms with Crippen LogP contribution in [0.2, 0.25) is 5.02 Å². The molecule has 6 nitrogen and oxygen atoms in total. The number of halogens is 1. The minimum Gasteiger partial charge on any atom is -0.505 e. The monoisotopic (exact) mass is 375 g/mol. The van der Waals surface area contributed by atoms with Gasteiger partial charge in [-0.3, -0.25) is 9.80 Å². The number of carbonyl (C=O) groups is 1. The summed E-state index contributed by atoms with van der Waals surface area (Å²) in [6.45, 7) is 6.03. The van der Waals surface area contributed by atoms with Gasteiger partial charge in [-0.25, -0.2) is 0 Å². The van der Waals surface area contributed by atoms with Crippen LogP contribution in [-0.4, -0.2) is 16.2 Å². The van der Waals surface area contributed by atoms with Crippen LogP contribution in [0.1, 0.15) is 38.3 Å². The maximum Gasteiger partial charge on any atom is 0.303 e. The Balaban J connectivity index is 2.09. The molecule has 4 N–H and O–H groups in total. The van der Waals surface area contributed by atoms with Crippen LogP contribution < -0.4 is 16.0 Å². The molecule has 0 atom stereocenters. The molecule has 0 spiro atoms. The quantitative estimate of drug-likeness (QED) is 0.636. The molecular weight excluding hydrogens is 354 g/mol. The predicted octanol–water partition coefficient (Wildman–Crippen LogP) is 4.34. The average molecular weight is 376 g/mol. The first kappa shape index (κ1) is 18.4. The number of hydrogen-bond donors (Lipinski definition) is 4. The number of hydrogen-bond acceptors (Lipinski definition) is 5. The van der Waals surface area contributed by atoms with Crippen molar-refractivity contribution in [3.63, 3.8) is 0 Å². The Labute approximate surface area is 157 Å². The number of benzene rings is 2. The molecule has 0 aliphatic carbocycles. The molecule has 0 radical (unpaired) electrons. The van der Waals surface area contributed by atoms with Gasteiger partial charge >= 0.3 is 5.97 Å². The first-order chi connectivity index (χ1) is 12.2. The van der Waals surface area contributed by atoms with E-state index in [-0.39, 0.29) is 17.6 Å². The topological polar surface area (TPSA) is 84.8 Å². The largest absolute Gasteiger partial charge is 0.505 e. The number of nitrogens with one attached hydrogen (secondary N) is 2. The molecule has 1 aliphatic heterocycles. The summed E-state index contributed by atoms with van der Waals surface area (Å²) in [4.78, 5) is 11.0. The highest BCUT2D eigenvalue weighted by molar-refractivity contribution is 6.31. The maximum atomic E-state index is 11.0. The standard InChI is InChI=1S/C19H22ClN3O3/c1-19(2,3)13-8-11(4-7-17(24)25)9-16(18(13)26)23-15-6-5-12(20)10-14(15)21-22-23/h5-6,8-10,21-22,26H,4,7H2,1-3H3,(H,24,25). The van der Waals surface area contributed by atoms with Crippen molar-refractivity contribution in [1.29, 1.82) is 0 Å². The van der Waals surface area contributed by atoms with Crippen molar-refractivity contribution >= 4 is 34.6 Å². The van der Waals surface area contributed by atoms with Crippen LogP contribution in [0.4, 0.5) is 17.1 Å². The summed E-state index contributed by atoms with van der Waals surface area (Å²) >= 11 is 6.04. The number of nitrogens with zero attached hydrogens (tertiary/aromatic N) is 1. The summed E-state index contributed by atoms with van der Waals surface area (Å²) < 4.78 is 0. The van der Waals surface area contributed by atoms with Gasteiger partial charge in [-0.2, -0.15) is 0 Å². The first-order valence-corrected chi connectivity index (χ1v) is 8.74. The molecule has 0 amide bonds. The highest BCUT2D eigenvalue weighted by Crippen LogP contribution is 2.44. The summed E-state index contributed by atoms with van der Waals surface area (Å²) in [5.41, 5.74) is 9.56. The molecule has 0 saturated heterocycles. The van der Waals surface area contributed by atoms with Gasteiger partial charge in [-0.15, -0.1) is 5.53 Å². The van der Waals surface area contributed by atoms with Crippen molar-refractivity contribution in [2.75, 3.05) is 10.4 Å². The van der Waals surface area contributed by atoms with E-state index in [9.17, 15) is 9.90 Å². The normalized spacial score (nSPS) is 13.5. The van der Waals surface area contributed by atoms with E-state index in [1.54, 1.807) is 17.1 Å². The SMILES string of the molecule is CC(C)(C)c1cc(CCC(=O)O)cc(N2NNc3cc(Cl)ccc32)c1O. The number of aromatic hydroxyl groups is 1. The Bertz CT molecular complexity index is 862. The van der Waals surface area contributed by atoms with Gasteiger partial charge in [0.1, 0.15) is 11.4 Å². The molecule has 2 aromatic carbocycles. The van der Waals surface area contributed by atoms with Crippen LogP contribution in [-0.2, 0) is 16.6 Å². The van der Waals surface area contributed by atoms with E-state index in [1.165, 1.54) is 0 Å². The minimum atomic E-state index is -0.849. The minimum absolute atomic E-state index is 0.0334. The van der Waals surface area contributed by atoms with Crippen LogP contribution in [0.25, 0.3) is 0 Å². The predicted molar refractivity (Wildman–Crippen MR) is 103 cm³/mol. The number of hydrazine groups is 2. The summed E-state index contributed by atoms with van der Waals surface area (Å²) in [6, 6.07) is 9.11. The van der Waals surface area contributed by atoms with Crippen LogP contribution in [0, 0.1) is 0 Å². The lowest BCUT2D eigenvalue weighted by atomic mass is 9.84. The van der Waals surface area contributed by atoms with E-state index in [4.69, 9.17) is 16.7 Å². The van der Waals surface area contributed by atoms with Crippen molar-refractivity contribution in [3.8, 4) is 5.75 Å². The number of carboxylic acid groups (broad SMARTS) is 1. The molecule has 0 aromatic heterocycles. The number of phenols is 1. The third-order valence-electron chi connectivity index (χ3n) is 4.33. The third kappa shape index (κ3) is 3.57. The van der Waals surface area contributed by atoms with Gasteiger partial charge in [0, 0.05) is 17.0 Å². The van der Waals surface area contributed by atoms with Gasteiger partial charge in [0.05, 0.1) is 11.4 Å². The van der Waals surface area contributed by atoms with E-state index < -0.39 is 5.97 Å². The Morgan fingerprint density at radius 3 is 2.58 bits per heavy atom. The highest BCUT2D eigenvalue weighted by Gasteiger charge is 2.28. The van der Waals surface area contributed by atoms with Gasteiger partial charge in [0.25, 0.3) is 0 Å². The van der Waals surface area contributed by atoms with E-state index in [2.05, 4.69) is 11.0 Å². The third-order valence-corrected chi connectivity index (χ3v) is 4.56. The fourth-order valence-electron chi connectivity index (χ4n) is 2.98. The lowest BCUT2D eigenvalue weighted by molar-refractivity contribution is -0.136. The molecule has 0 fully saturated rings. The molecule has 2 aromatic rings. The summed E-state index contributed by atoms with van der Waals surface area (Å²) in [5, 5.41) is 22.3. The zero-order chi connectivity index (χ0) is 19.1. The molecular formula is C19H22ClN3O3. The highest BCUT2D eigenvalue weighted by atomic mass is 35.5. The number of aryl methyl sites for hydroxylation is 1. The first-order valence-electron chi connectivity index (χ1n) is 8.36. The summed E-state index contributed by atoms with van der Waals surface area (Å²) in [6.07, 6.45) is 0.423. The van der Waals surface area contributed by atoms with E-state index in [1.807, 2.05) is 39.0 Å². The molecule has 7 heteroatoms. The molecule has 1 heterocycles. The fraction of sp³-hybridized carbons (Fsp3) is 0.316. The summed E-state index contributed by atoms with van der Waals surface area (Å²) in [5.74, 6) is -0.688. The maximum absolute atomic E-state index is 11.0. The number of anilines is 3. The van der Waals surface area contributed by atoms with Crippen molar-refractivity contribution in [2.45, 2.75) is 39.0 Å². The molecule has 0 unspecified atom stereocenters. The van der Waals surface area contributed by atoms with Gasteiger partial charge < -0.3 is 15.6 Å². The Kier molecular flexibility index (Phi) is 4.73. The Morgan fingerprint density at radius 2 is 1.92 bits per heavy atom. The van der Waals surface area contributed by atoms with Gasteiger partial charge in [-0.05, 0) is 41.7 Å². The second-order valence-electron chi connectivity index (χ2n) is 7.39. The summed E-state index contributed by atoms with van der Waals surface area (Å²) in [7, 11) is 0. The lowest BCUT2D eigenvalue weighted by Gasteiger charge is -2.27. The van der Waals surface area contributed by atoms with Crippen LogP contribution in [0.15, 0.2) is 30.3 Å². The van der Waals surface area contributed by atoms with Crippen molar-refractivity contribution in [2.24, 2.45) is 0 Å². The molecule has 26 heavy (non-hydrogen) atoms. The number of rotatable bonds is 4. The van der Waals surface area contributed by atoms with Crippen molar-refractivity contribution < 1.29 is 15.0 Å². The molecule has 0 bridgehead atoms. The van der Waals surface area contributed by atoms with E-state index >= 15 is 0 Å². The van der Waals surface area contributed by atoms with Gasteiger partial charge in [-0.1, -0.05) is 38.4 Å². The molecule has 138 valence electrons. The Morgan fingerprint density at radius 1 is 1.19 bits per heavy atom. The lowest BCUT2D eigenvalue weighted by Crippen LogP contribution is -2.32. The zero-order valence-electron chi connectivity index (χ0n) is 14.9. The van der Waals surface area contributed by atoms with Gasteiger partial charge in [0.2, 0.25) is 0 Å². The van der Waals surface area contributed by atoms with Crippen LogP contribution >= 0.6 is 11.6 Å². The van der Waals surface area contributed by atoms with Crippen molar-refractivity contribution in [1.82, 2.24) is 5.53 Å². The van der Waals surface area contributed by atoms with E-state index in [0.29, 0.717) is 17.1 Å². The van der Waals surface area contributed by atoms with E-state index in [0.717, 1.165) is 22.5 Å². The number of aliphatic carboxylic acids is 1. The second kappa shape index (κ2) is 6.70. The fourth-order valence-corrected chi connectivity index (χ4v) is 3.16. The van der Waals surface area contributed by atoms with Crippen molar-refractivity contribution in [3.05, 3.63) is 46.5 Å². The average Bonchev–Trinajstić information content (AvgIpc) is 2.95. The smallest absolute Gasteiger partial charge is 0.303 e. The molecule has 1 aliphatic rings. The van der Waals surface area contributed by atoms with Crippen LogP contribution in [0.3, 0.4) is 0 Å². The number of fused-ring (bicyclic) bond motifs is 1. The van der Waals surface area contributed by atoms with Crippen LogP contribution in [0.5, 0.6) is 5.75 Å². The zero-order valence-corrected chi connectivity index (χ0v) is 15.7. The van der Waals surface area contributed by atoms with Gasteiger partial charge in [0.15, 0.2) is 0 Å². The Hall–Kier alpha value is -2.44. The molecule has 3 rings (SSSR count). The molecule has 0 saturated carbocycles. The second-order valence-corrected chi connectivity index (χ2v) is 7.82. The number of carboxylic acids is 1. The number of phenolic OH excluding ortho intramolecular Hbond substituents is 1.